The number of nitrogens with zero attached hydrogens (tertiary/aromatic N) is 1. The predicted molar refractivity (Wildman–Crippen MR) is 58.1 cm³/mol. The largest absolute Gasteiger partial charge is 0.380 e. The van der Waals surface area contributed by atoms with Crippen LogP contribution in [0.5, 0.6) is 0 Å². The first-order valence-corrected chi connectivity index (χ1v) is 4.37. The SMILES string of the molecule is COC1CC2CNCCN2C1.Cl.Cl. The van der Waals surface area contributed by atoms with Crippen molar-refractivity contribution >= 4 is 24.8 Å². The Morgan fingerprint density at radius 2 is 2.15 bits per heavy atom. The van der Waals surface area contributed by atoms with E-state index in [9.17, 15) is 0 Å². The molecule has 13 heavy (non-hydrogen) atoms. The van der Waals surface area contributed by atoms with E-state index >= 15 is 0 Å². The van der Waals surface area contributed by atoms with Gasteiger partial charge in [0.15, 0.2) is 0 Å². The summed E-state index contributed by atoms with van der Waals surface area (Å²) in [4.78, 5) is 2.53. The fourth-order valence-electron chi connectivity index (χ4n) is 2.09. The Hall–Kier alpha value is 0.460. The van der Waals surface area contributed by atoms with Crippen LogP contribution in [-0.4, -0.2) is 50.3 Å². The summed E-state index contributed by atoms with van der Waals surface area (Å²) in [6.45, 7) is 4.64. The van der Waals surface area contributed by atoms with Gasteiger partial charge in [0.1, 0.15) is 0 Å². The monoisotopic (exact) mass is 228 g/mol. The lowest BCUT2D eigenvalue weighted by molar-refractivity contribution is 0.108. The smallest absolute Gasteiger partial charge is 0.0713 e. The van der Waals surface area contributed by atoms with Crippen LogP contribution in [0.2, 0.25) is 0 Å². The lowest BCUT2D eigenvalue weighted by atomic mass is 10.2. The molecule has 2 heterocycles. The molecule has 0 bridgehead atoms. The molecule has 2 aliphatic rings. The number of piperazine rings is 1. The molecule has 2 unspecified atom stereocenters. The van der Waals surface area contributed by atoms with Crippen molar-refractivity contribution < 1.29 is 4.74 Å². The Balaban J connectivity index is 0.000000720. The van der Waals surface area contributed by atoms with E-state index < -0.39 is 0 Å². The zero-order chi connectivity index (χ0) is 7.68. The molecule has 2 fully saturated rings. The van der Waals surface area contributed by atoms with Crippen molar-refractivity contribution in [2.75, 3.05) is 33.3 Å². The zero-order valence-corrected chi connectivity index (χ0v) is 9.50. The van der Waals surface area contributed by atoms with Gasteiger partial charge >= 0.3 is 0 Å². The van der Waals surface area contributed by atoms with Crippen LogP contribution in [0.25, 0.3) is 0 Å². The number of rotatable bonds is 1. The fourth-order valence-corrected chi connectivity index (χ4v) is 2.09. The topological polar surface area (TPSA) is 24.5 Å². The maximum absolute atomic E-state index is 5.33. The highest BCUT2D eigenvalue weighted by Crippen LogP contribution is 2.20. The highest BCUT2D eigenvalue weighted by Gasteiger charge is 2.33. The summed E-state index contributed by atoms with van der Waals surface area (Å²) in [5, 5.41) is 3.40. The molecule has 0 aromatic rings. The number of hydrogen-bond acceptors (Lipinski definition) is 3. The zero-order valence-electron chi connectivity index (χ0n) is 7.86. The van der Waals surface area contributed by atoms with Crippen LogP contribution in [0.15, 0.2) is 0 Å². The Morgan fingerprint density at radius 1 is 1.38 bits per heavy atom. The molecule has 2 atom stereocenters. The van der Waals surface area contributed by atoms with Crippen molar-refractivity contribution in [3.05, 3.63) is 0 Å². The molecule has 0 saturated carbocycles. The van der Waals surface area contributed by atoms with Gasteiger partial charge in [-0.2, -0.15) is 0 Å². The molecular formula is C8H18Cl2N2O. The molecule has 3 nitrogen and oxygen atoms in total. The number of methoxy groups -OCH3 is 1. The quantitative estimate of drug-likeness (QED) is 0.709. The molecule has 2 saturated heterocycles. The number of nitrogens with one attached hydrogen (secondary N) is 1. The second kappa shape index (κ2) is 6.04. The van der Waals surface area contributed by atoms with Gasteiger partial charge < -0.3 is 10.1 Å². The third-order valence-electron chi connectivity index (χ3n) is 2.78. The normalized spacial score (nSPS) is 33.0. The van der Waals surface area contributed by atoms with Crippen LogP contribution in [0.4, 0.5) is 0 Å². The number of hydrogen-bond donors (Lipinski definition) is 1. The van der Waals surface area contributed by atoms with Crippen molar-refractivity contribution in [3.8, 4) is 0 Å². The third-order valence-corrected chi connectivity index (χ3v) is 2.78. The summed E-state index contributed by atoms with van der Waals surface area (Å²) in [6, 6.07) is 0.744. The van der Waals surface area contributed by atoms with Gasteiger partial charge in [0, 0.05) is 39.3 Å². The average molecular weight is 229 g/mol. The van der Waals surface area contributed by atoms with E-state index in [1.807, 2.05) is 7.11 Å². The number of halogens is 2. The lowest BCUT2D eigenvalue weighted by Crippen LogP contribution is -2.47. The Morgan fingerprint density at radius 3 is 2.77 bits per heavy atom. The molecule has 5 heteroatoms. The van der Waals surface area contributed by atoms with Gasteiger partial charge in [-0.25, -0.2) is 0 Å². The van der Waals surface area contributed by atoms with Gasteiger partial charge in [-0.3, -0.25) is 4.90 Å². The lowest BCUT2D eigenvalue weighted by Gasteiger charge is -2.29. The van der Waals surface area contributed by atoms with E-state index in [1.165, 1.54) is 13.0 Å². The highest BCUT2D eigenvalue weighted by molar-refractivity contribution is 5.85. The van der Waals surface area contributed by atoms with Gasteiger partial charge in [-0.05, 0) is 6.42 Å². The first-order chi connectivity index (χ1) is 5.40. The summed E-state index contributed by atoms with van der Waals surface area (Å²) < 4.78 is 5.33. The van der Waals surface area contributed by atoms with E-state index in [4.69, 9.17) is 4.74 Å². The Labute approximate surface area is 92.0 Å². The minimum atomic E-state index is 0. The minimum Gasteiger partial charge on any atom is -0.380 e. The van der Waals surface area contributed by atoms with Crippen LogP contribution in [0.1, 0.15) is 6.42 Å². The number of fused-ring (bicyclic) bond motifs is 1. The molecule has 0 aliphatic carbocycles. The van der Waals surface area contributed by atoms with Crippen LogP contribution >= 0.6 is 24.8 Å². The van der Waals surface area contributed by atoms with Crippen LogP contribution in [0, 0.1) is 0 Å². The van der Waals surface area contributed by atoms with E-state index in [-0.39, 0.29) is 24.8 Å². The summed E-state index contributed by atoms with van der Waals surface area (Å²) in [7, 11) is 1.82. The molecule has 0 aromatic heterocycles. The molecule has 2 aliphatic heterocycles. The maximum Gasteiger partial charge on any atom is 0.0713 e. The molecule has 2 rings (SSSR count). The van der Waals surface area contributed by atoms with Gasteiger partial charge in [0.2, 0.25) is 0 Å². The van der Waals surface area contributed by atoms with Gasteiger partial charge in [-0.15, -0.1) is 24.8 Å². The van der Waals surface area contributed by atoms with Crippen LogP contribution < -0.4 is 5.32 Å². The molecule has 80 valence electrons. The van der Waals surface area contributed by atoms with Crippen molar-refractivity contribution in [1.82, 2.24) is 10.2 Å². The van der Waals surface area contributed by atoms with Crippen molar-refractivity contribution in [1.29, 1.82) is 0 Å². The van der Waals surface area contributed by atoms with E-state index in [1.54, 1.807) is 0 Å². The van der Waals surface area contributed by atoms with Crippen molar-refractivity contribution in [2.24, 2.45) is 0 Å². The Kier molecular flexibility index (Phi) is 6.25. The van der Waals surface area contributed by atoms with Crippen molar-refractivity contribution in [3.63, 3.8) is 0 Å². The first kappa shape index (κ1) is 13.5. The van der Waals surface area contributed by atoms with E-state index in [0.29, 0.717) is 6.10 Å². The fraction of sp³-hybridized carbons (Fsp3) is 1.00. The first-order valence-electron chi connectivity index (χ1n) is 4.37. The van der Waals surface area contributed by atoms with E-state index in [0.717, 1.165) is 25.7 Å². The second-order valence-corrected chi connectivity index (χ2v) is 3.45. The minimum absolute atomic E-state index is 0. The second-order valence-electron chi connectivity index (χ2n) is 3.45. The van der Waals surface area contributed by atoms with Crippen LogP contribution in [-0.2, 0) is 4.74 Å². The predicted octanol–water partition coefficient (Wildman–Crippen LogP) is 0.522. The maximum atomic E-state index is 5.33. The summed E-state index contributed by atoms with van der Waals surface area (Å²) >= 11 is 0. The van der Waals surface area contributed by atoms with Gasteiger partial charge in [0.25, 0.3) is 0 Å². The van der Waals surface area contributed by atoms with Crippen molar-refractivity contribution in [2.45, 2.75) is 18.6 Å². The molecule has 0 aromatic carbocycles. The Bertz CT molecular complexity index is 134. The van der Waals surface area contributed by atoms with Gasteiger partial charge in [-0.1, -0.05) is 0 Å². The summed E-state index contributed by atoms with van der Waals surface area (Å²) in [5.41, 5.74) is 0. The van der Waals surface area contributed by atoms with E-state index in [2.05, 4.69) is 10.2 Å². The standard InChI is InChI=1S/C8H16N2O.2ClH/c1-11-8-4-7-5-9-2-3-10(7)6-8;;/h7-9H,2-6H2,1H3;2*1H. The highest BCUT2D eigenvalue weighted by atomic mass is 35.5. The molecular weight excluding hydrogens is 211 g/mol. The average Bonchev–Trinajstić information content (AvgIpc) is 2.46. The summed E-state index contributed by atoms with van der Waals surface area (Å²) in [5.74, 6) is 0. The third kappa shape index (κ3) is 2.96. The van der Waals surface area contributed by atoms with Gasteiger partial charge in [0.05, 0.1) is 6.10 Å². The van der Waals surface area contributed by atoms with Crippen LogP contribution in [0.3, 0.4) is 0 Å². The summed E-state index contributed by atoms with van der Waals surface area (Å²) in [6.07, 6.45) is 1.70. The molecule has 1 N–H and O–H groups in total. The molecule has 0 spiro atoms. The number of ether oxygens (including phenoxy) is 1. The molecule has 0 radical (unpaired) electrons. The molecule has 0 amide bonds.